The Kier molecular flexibility index (Phi) is 4.98. The molecule has 28 heavy (non-hydrogen) atoms. The topological polar surface area (TPSA) is 68.8 Å². The van der Waals surface area contributed by atoms with Crippen LogP contribution in [0.15, 0.2) is 42.7 Å². The SMILES string of the molecule is CC(C)c1nccn1[C@@H](C)C(=O)N1CCc2nnc(-c3ccccc3)n2CC1. The fourth-order valence-electron chi connectivity index (χ4n) is 3.83. The highest BCUT2D eigenvalue weighted by molar-refractivity contribution is 5.80. The van der Waals surface area contributed by atoms with Gasteiger partial charge in [0, 0.05) is 49.9 Å². The normalized spacial score (nSPS) is 15.4. The largest absolute Gasteiger partial charge is 0.339 e. The van der Waals surface area contributed by atoms with Gasteiger partial charge in [0.1, 0.15) is 17.7 Å². The fraction of sp³-hybridized carbons (Fsp3) is 0.429. The molecule has 1 aliphatic heterocycles. The Balaban J connectivity index is 1.52. The predicted molar refractivity (Wildman–Crippen MR) is 107 cm³/mol. The van der Waals surface area contributed by atoms with Gasteiger partial charge in [-0.15, -0.1) is 10.2 Å². The molecule has 7 nitrogen and oxygen atoms in total. The van der Waals surface area contributed by atoms with Crippen molar-refractivity contribution in [3.8, 4) is 11.4 Å². The van der Waals surface area contributed by atoms with Crippen molar-refractivity contribution in [3.63, 3.8) is 0 Å². The molecule has 3 heterocycles. The van der Waals surface area contributed by atoms with E-state index in [1.807, 2.05) is 52.9 Å². The fourth-order valence-corrected chi connectivity index (χ4v) is 3.83. The molecular weight excluding hydrogens is 352 g/mol. The van der Waals surface area contributed by atoms with Gasteiger partial charge in [-0.3, -0.25) is 4.79 Å². The second-order valence-corrected chi connectivity index (χ2v) is 7.56. The lowest BCUT2D eigenvalue weighted by atomic mass is 10.2. The first-order chi connectivity index (χ1) is 13.6. The maximum Gasteiger partial charge on any atom is 0.245 e. The van der Waals surface area contributed by atoms with Crippen LogP contribution in [0.3, 0.4) is 0 Å². The molecular formula is C21H26N6O. The Morgan fingerprint density at radius 1 is 1.04 bits per heavy atom. The monoisotopic (exact) mass is 378 g/mol. The molecule has 0 aliphatic carbocycles. The number of nitrogens with zero attached hydrogens (tertiary/aromatic N) is 6. The number of fused-ring (bicyclic) bond motifs is 1. The third-order valence-electron chi connectivity index (χ3n) is 5.36. The maximum absolute atomic E-state index is 13.2. The molecule has 1 amide bonds. The van der Waals surface area contributed by atoms with Crippen LogP contribution in [0.5, 0.6) is 0 Å². The third kappa shape index (κ3) is 3.32. The van der Waals surface area contributed by atoms with Crippen molar-refractivity contribution in [2.45, 2.75) is 45.7 Å². The summed E-state index contributed by atoms with van der Waals surface area (Å²) in [6, 6.07) is 9.81. The minimum atomic E-state index is -0.267. The molecule has 1 aromatic carbocycles. The van der Waals surface area contributed by atoms with Crippen LogP contribution in [-0.4, -0.2) is 48.2 Å². The van der Waals surface area contributed by atoms with Gasteiger partial charge in [0.2, 0.25) is 5.91 Å². The first-order valence-electron chi connectivity index (χ1n) is 9.85. The molecule has 0 N–H and O–H groups in total. The van der Waals surface area contributed by atoms with Crippen LogP contribution in [0.2, 0.25) is 0 Å². The Hall–Kier alpha value is -2.96. The summed E-state index contributed by atoms with van der Waals surface area (Å²) >= 11 is 0. The quantitative estimate of drug-likeness (QED) is 0.700. The molecule has 0 spiro atoms. The van der Waals surface area contributed by atoms with Crippen LogP contribution >= 0.6 is 0 Å². The van der Waals surface area contributed by atoms with Crippen molar-refractivity contribution in [2.24, 2.45) is 0 Å². The van der Waals surface area contributed by atoms with E-state index in [1.54, 1.807) is 6.20 Å². The Morgan fingerprint density at radius 2 is 1.82 bits per heavy atom. The van der Waals surface area contributed by atoms with Crippen molar-refractivity contribution in [1.82, 2.24) is 29.2 Å². The predicted octanol–water partition coefficient (Wildman–Crippen LogP) is 2.91. The van der Waals surface area contributed by atoms with E-state index in [0.717, 1.165) is 23.0 Å². The van der Waals surface area contributed by atoms with Crippen molar-refractivity contribution in [2.75, 3.05) is 13.1 Å². The van der Waals surface area contributed by atoms with Crippen molar-refractivity contribution >= 4 is 5.91 Å². The van der Waals surface area contributed by atoms with Crippen molar-refractivity contribution in [1.29, 1.82) is 0 Å². The number of aromatic nitrogens is 5. The van der Waals surface area contributed by atoms with Crippen molar-refractivity contribution in [3.05, 3.63) is 54.4 Å². The van der Waals surface area contributed by atoms with E-state index >= 15 is 0 Å². The second kappa shape index (κ2) is 7.58. The zero-order chi connectivity index (χ0) is 19.7. The molecule has 3 aromatic rings. The molecule has 0 saturated carbocycles. The summed E-state index contributed by atoms with van der Waals surface area (Å²) in [4.78, 5) is 19.5. The van der Waals surface area contributed by atoms with E-state index in [-0.39, 0.29) is 17.9 Å². The molecule has 7 heteroatoms. The van der Waals surface area contributed by atoms with E-state index in [0.29, 0.717) is 26.1 Å². The molecule has 1 aliphatic rings. The van der Waals surface area contributed by atoms with Gasteiger partial charge in [-0.25, -0.2) is 4.98 Å². The van der Waals surface area contributed by atoms with Gasteiger partial charge in [0.15, 0.2) is 5.82 Å². The van der Waals surface area contributed by atoms with Gasteiger partial charge in [-0.05, 0) is 6.92 Å². The van der Waals surface area contributed by atoms with E-state index < -0.39 is 0 Å². The number of rotatable bonds is 4. The lowest BCUT2D eigenvalue weighted by Crippen LogP contribution is -2.38. The Labute approximate surface area is 165 Å². The zero-order valence-corrected chi connectivity index (χ0v) is 16.6. The molecule has 0 unspecified atom stereocenters. The summed E-state index contributed by atoms with van der Waals surface area (Å²) in [5.74, 6) is 3.15. The molecule has 146 valence electrons. The smallest absolute Gasteiger partial charge is 0.245 e. The van der Waals surface area contributed by atoms with Gasteiger partial charge in [-0.2, -0.15) is 0 Å². The van der Waals surface area contributed by atoms with Crippen LogP contribution < -0.4 is 0 Å². The summed E-state index contributed by atoms with van der Waals surface area (Å²) in [5, 5.41) is 8.76. The number of carbonyl (C=O) groups excluding carboxylic acids is 1. The third-order valence-corrected chi connectivity index (χ3v) is 5.36. The van der Waals surface area contributed by atoms with Gasteiger partial charge in [-0.1, -0.05) is 44.2 Å². The van der Waals surface area contributed by atoms with Crippen molar-refractivity contribution < 1.29 is 4.79 Å². The lowest BCUT2D eigenvalue weighted by Gasteiger charge is -2.26. The summed E-state index contributed by atoms with van der Waals surface area (Å²) < 4.78 is 4.14. The minimum absolute atomic E-state index is 0.125. The maximum atomic E-state index is 13.2. The summed E-state index contributed by atoms with van der Waals surface area (Å²) in [6.07, 6.45) is 4.38. The summed E-state index contributed by atoms with van der Waals surface area (Å²) in [7, 11) is 0. The van der Waals surface area contributed by atoms with Crippen LogP contribution in [0.1, 0.15) is 44.4 Å². The number of hydrogen-bond acceptors (Lipinski definition) is 4. The van der Waals surface area contributed by atoms with E-state index in [9.17, 15) is 4.79 Å². The van der Waals surface area contributed by atoms with Gasteiger partial charge < -0.3 is 14.0 Å². The van der Waals surface area contributed by atoms with Gasteiger partial charge in [0.05, 0.1) is 0 Å². The first kappa shape index (κ1) is 18.4. The van der Waals surface area contributed by atoms with Crippen LogP contribution in [0.25, 0.3) is 11.4 Å². The highest BCUT2D eigenvalue weighted by Gasteiger charge is 2.27. The van der Waals surface area contributed by atoms with Gasteiger partial charge >= 0.3 is 0 Å². The lowest BCUT2D eigenvalue weighted by molar-refractivity contribution is -0.134. The molecule has 0 saturated heterocycles. The van der Waals surface area contributed by atoms with Crippen LogP contribution in [-0.2, 0) is 17.8 Å². The molecule has 0 bridgehead atoms. The number of hydrogen-bond donors (Lipinski definition) is 0. The molecule has 0 fully saturated rings. The minimum Gasteiger partial charge on any atom is -0.339 e. The van der Waals surface area contributed by atoms with Crippen LogP contribution in [0, 0.1) is 0 Å². The van der Waals surface area contributed by atoms with E-state index in [4.69, 9.17) is 0 Å². The molecule has 1 atom stereocenters. The standard InChI is InChI=1S/C21H26N6O/c1-15(2)19-22-10-12-26(19)16(3)21(28)25-11-9-18-23-24-20(27(18)14-13-25)17-7-5-4-6-8-17/h4-8,10,12,15-16H,9,11,13-14H2,1-3H3/t16-/m0/s1. The summed E-state index contributed by atoms with van der Waals surface area (Å²) in [6.45, 7) is 8.15. The molecule has 2 aromatic heterocycles. The molecule has 0 radical (unpaired) electrons. The Morgan fingerprint density at radius 3 is 2.57 bits per heavy atom. The van der Waals surface area contributed by atoms with E-state index in [1.165, 1.54) is 0 Å². The zero-order valence-electron chi connectivity index (χ0n) is 16.6. The molecule has 4 rings (SSSR count). The van der Waals surface area contributed by atoms with E-state index in [2.05, 4.69) is 33.6 Å². The number of imidazole rings is 1. The Bertz CT molecular complexity index is 958. The number of amides is 1. The number of benzene rings is 1. The highest BCUT2D eigenvalue weighted by Crippen LogP contribution is 2.22. The first-order valence-corrected chi connectivity index (χ1v) is 9.85. The van der Waals surface area contributed by atoms with Gasteiger partial charge in [0.25, 0.3) is 0 Å². The average Bonchev–Trinajstić information content (AvgIpc) is 3.30. The summed E-state index contributed by atoms with van der Waals surface area (Å²) in [5.41, 5.74) is 1.05. The van der Waals surface area contributed by atoms with Crippen LogP contribution in [0.4, 0.5) is 0 Å². The number of carbonyl (C=O) groups is 1. The average molecular weight is 378 g/mol. The second-order valence-electron chi connectivity index (χ2n) is 7.56. The highest BCUT2D eigenvalue weighted by atomic mass is 16.2.